The summed E-state index contributed by atoms with van der Waals surface area (Å²) >= 11 is 0. The van der Waals surface area contributed by atoms with Crippen molar-refractivity contribution in [2.75, 3.05) is 11.5 Å². The normalized spacial score (nSPS) is 13.4. The van der Waals surface area contributed by atoms with Gasteiger partial charge in [0.05, 0.1) is 11.5 Å². The van der Waals surface area contributed by atoms with Crippen LogP contribution < -0.4 is 5.73 Å². The number of rotatable bonds is 7. The Hall–Kier alpha value is -1.39. The van der Waals surface area contributed by atoms with Crippen molar-refractivity contribution in [1.29, 1.82) is 0 Å². The Morgan fingerprint density at radius 3 is 2.52 bits per heavy atom. The molecule has 0 aliphatic rings. The minimum absolute atomic E-state index is 0.0186. The van der Waals surface area contributed by atoms with Crippen molar-refractivity contribution in [3.05, 3.63) is 48.0 Å². The van der Waals surface area contributed by atoms with Crippen LogP contribution in [0.15, 0.2) is 42.5 Å². The zero-order valence-corrected chi connectivity index (χ0v) is 13.3. The molecule has 114 valence electrons. The number of hydrogen-bond donors (Lipinski definition) is 1. The zero-order valence-electron chi connectivity index (χ0n) is 12.5. The summed E-state index contributed by atoms with van der Waals surface area (Å²) in [4.78, 5) is 0. The van der Waals surface area contributed by atoms with Crippen LogP contribution in [0, 0.1) is 0 Å². The SMILES string of the molecule is CCCCCS(=O)(=O)CC(N)c1cccc2ccccc12. The van der Waals surface area contributed by atoms with Gasteiger partial charge in [-0.05, 0) is 22.8 Å². The van der Waals surface area contributed by atoms with Crippen molar-refractivity contribution in [1.82, 2.24) is 0 Å². The van der Waals surface area contributed by atoms with Gasteiger partial charge in [-0.2, -0.15) is 0 Å². The van der Waals surface area contributed by atoms with E-state index in [0.717, 1.165) is 35.6 Å². The van der Waals surface area contributed by atoms with E-state index < -0.39 is 15.9 Å². The molecule has 0 heterocycles. The number of sulfone groups is 1. The van der Waals surface area contributed by atoms with Gasteiger partial charge in [0.25, 0.3) is 0 Å². The maximum Gasteiger partial charge on any atom is 0.152 e. The van der Waals surface area contributed by atoms with Crippen molar-refractivity contribution in [2.24, 2.45) is 5.73 Å². The van der Waals surface area contributed by atoms with Crippen LogP contribution in [0.25, 0.3) is 10.8 Å². The molecule has 2 aromatic carbocycles. The molecule has 0 aliphatic carbocycles. The smallest absolute Gasteiger partial charge is 0.152 e. The second-order valence-corrected chi connectivity index (χ2v) is 7.73. The summed E-state index contributed by atoms with van der Waals surface area (Å²) in [6, 6.07) is 13.3. The van der Waals surface area contributed by atoms with Crippen LogP contribution in [0.3, 0.4) is 0 Å². The van der Waals surface area contributed by atoms with Gasteiger partial charge in [-0.1, -0.05) is 62.2 Å². The molecule has 2 aromatic rings. The van der Waals surface area contributed by atoms with Gasteiger partial charge < -0.3 is 5.73 Å². The summed E-state index contributed by atoms with van der Waals surface area (Å²) in [5, 5.41) is 2.13. The average molecular weight is 305 g/mol. The lowest BCUT2D eigenvalue weighted by molar-refractivity contribution is 0.584. The summed E-state index contributed by atoms with van der Waals surface area (Å²) in [5.74, 6) is 0.254. The predicted molar refractivity (Wildman–Crippen MR) is 89.1 cm³/mol. The van der Waals surface area contributed by atoms with Crippen LogP contribution in [0.5, 0.6) is 0 Å². The third-order valence-electron chi connectivity index (χ3n) is 3.72. The number of nitrogens with two attached hydrogens (primary N) is 1. The Bertz CT molecular complexity index is 690. The molecule has 2 rings (SSSR count). The molecule has 0 spiro atoms. The highest BCUT2D eigenvalue weighted by molar-refractivity contribution is 7.91. The molecule has 0 radical (unpaired) electrons. The van der Waals surface area contributed by atoms with Gasteiger partial charge >= 0.3 is 0 Å². The lowest BCUT2D eigenvalue weighted by atomic mass is 10.0. The first-order valence-electron chi connectivity index (χ1n) is 7.47. The van der Waals surface area contributed by atoms with Crippen LogP contribution >= 0.6 is 0 Å². The molecule has 3 nitrogen and oxygen atoms in total. The van der Waals surface area contributed by atoms with E-state index in [0.29, 0.717) is 0 Å². The Balaban J connectivity index is 2.17. The second kappa shape index (κ2) is 7.05. The van der Waals surface area contributed by atoms with Crippen molar-refractivity contribution < 1.29 is 8.42 Å². The zero-order chi connectivity index (χ0) is 15.3. The molecule has 1 unspecified atom stereocenters. The Morgan fingerprint density at radius 1 is 1.05 bits per heavy atom. The molecule has 0 aliphatic heterocycles. The summed E-state index contributed by atoms with van der Waals surface area (Å²) < 4.78 is 24.3. The first kappa shape index (κ1) is 16.0. The Kier molecular flexibility index (Phi) is 5.37. The van der Waals surface area contributed by atoms with Gasteiger partial charge in [0, 0.05) is 6.04 Å². The van der Waals surface area contributed by atoms with E-state index >= 15 is 0 Å². The van der Waals surface area contributed by atoms with E-state index in [4.69, 9.17) is 5.73 Å². The fourth-order valence-corrected chi connectivity index (χ4v) is 4.13. The van der Waals surface area contributed by atoms with Gasteiger partial charge in [0.15, 0.2) is 9.84 Å². The monoisotopic (exact) mass is 305 g/mol. The van der Waals surface area contributed by atoms with E-state index in [1.165, 1.54) is 0 Å². The molecule has 2 N–H and O–H groups in total. The van der Waals surface area contributed by atoms with Crippen LogP contribution in [0.1, 0.15) is 37.8 Å². The fourth-order valence-electron chi connectivity index (χ4n) is 2.59. The molecular formula is C17H23NO2S. The average Bonchev–Trinajstić information content (AvgIpc) is 2.46. The molecule has 0 amide bonds. The van der Waals surface area contributed by atoms with Gasteiger partial charge in [-0.3, -0.25) is 0 Å². The predicted octanol–water partition coefficient (Wildman–Crippen LogP) is 3.44. The lowest BCUT2D eigenvalue weighted by Crippen LogP contribution is -2.23. The summed E-state index contributed by atoms with van der Waals surface area (Å²) in [7, 11) is -3.09. The van der Waals surface area contributed by atoms with Crippen LogP contribution in [0.2, 0.25) is 0 Å². The van der Waals surface area contributed by atoms with Crippen LogP contribution in [-0.4, -0.2) is 19.9 Å². The minimum Gasteiger partial charge on any atom is -0.323 e. The molecule has 21 heavy (non-hydrogen) atoms. The number of unbranched alkanes of at least 4 members (excludes halogenated alkanes) is 2. The van der Waals surface area contributed by atoms with Crippen molar-refractivity contribution in [3.8, 4) is 0 Å². The van der Waals surface area contributed by atoms with Gasteiger partial charge in [0.2, 0.25) is 0 Å². The van der Waals surface area contributed by atoms with Gasteiger partial charge in [-0.25, -0.2) is 8.42 Å². The molecule has 4 heteroatoms. The number of benzene rings is 2. The number of fused-ring (bicyclic) bond motifs is 1. The van der Waals surface area contributed by atoms with Gasteiger partial charge in [-0.15, -0.1) is 0 Å². The fraction of sp³-hybridized carbons (Fsp3) is 0.412. The first-order chi connectivity index (χ1) is 10.0. The molecule has 0 saturated carbocycles. The summed E-state index contributed by atoms with van der Waals surface area (Å²) in [6.07, 6.45) is 2.69. The third kappa shape index (κ3) is 4.29. The van der Waals surface area contributed by atoms with E-state index in [1.54, 1.807) is 0 Å². The van der Waals surface area contributed by atoms with E-state index in [2.05, 4.69) is 6.92 Å². The lowest BCUT2D eigenvalue weighted by Gasteiger charge is -2.15. The highest BCUT2D eigenvalue weighted by Crippen LogP contribution is 2.24. The standard InChI is InChI=1S/C17H23NO2S/c1-2-3-6-12-21(19,20)13-17(18)16-11-7-9-14-8-4-5-10-15(14)16/h4-5,7-11,17H,2-3,6,12-13,18H2,1H3. The largest absolute Gasteiger partial charge is 0.323 e. The summed E-state index contributed by atoms with van der Waals surface area (Å²) in [5.41, 5.74) is 7.08. The maximum atomic E-state index is 12.1. The summed E-state index contributed by atoms with van der Waals surface area (Å²) in [6.45, 7) is 2.06. The maximum absolute atomic E-state index is 12.1. The third-order valence-corrected chi connectivity index (χ3v) is 5.49. The second-order valence-electron chi connectivity index (χ2n) is 5.50. The van der Waals surface area contributed by atoms with Crippen molar-refractivity contribution in [3.63, 3.8) is 0 Å². The molecule has 1 atom stereocenters. The topological polar surface area (TPSA) is 60.2 Å². The van der Waals surface area contributed by atoms with Crippen molar-refractivity contribution >= 4 is 20.6 Å². The van der Waals surface area contributed by atoms with Crippen molar-refractivity contribution in [2.45, 2.75) is 32.2 Å². The molecule has 0 bridgehead atoms. The van der Waals surface area contributed by atoms with Gasteiger partial charge in [0.1, 0.15) is 0 Å². The highest BCUT2D eigenvalue weighted by Gasteiger charge is 2.18. The van der Waals surface area contributed by atoms with Crippen LogP contribution in [0.4, 0.5) is 0 Å². The van der Waals surface area contributed by atoms with E-state index in [9.17, 15) is 8.42 Å². The molecule has 0 fully saturated rings. The highest BCUT2D eigenvalue weighted by atomic mass is 32.2. The first-order valence-corrected chi connectivity index (χ1v) is 9.29. The van der Waals surface area contributed by atoms with Crippen LogP contribution in [-0.2, 0) is 9.84 Å². The molecular weight excluding hydrogens is 282 g/mol. The number of hydrogen-bond acceptors (Lipinski definition) is 3. The molecule has 0 saturated heterocycles. The quantitative estimate of drug-likeness (QED) is 0.797. The Morgan fingerprint density at radius 2 is 1.76 bits per heavy atom. The van der Waals surface area contributed by atoms with E-state index in [-0.39, 0.29) is 11.5 Å². The molecule has 0 aromatic heterocycles. The Labute approximate surface area is 127 Å². The van der Waals surface area contributed by atoms with E-state index in [1.807, 2.05) is 42.5 Å². The minimum atomic E-state index is -3.09.